The maximum Gasteiger partial charge on any atom is 0.265 e. The summed E-state index contributed by atoms with van der Waals surface area (Å²) in [6, 6.07) is 18.0. The van der Waals surface area contributed by atoms with Crippen molar-refractivity contribution in [2.75, 3.05) is 6.61 Å². The zero-order chi connectivity index (χ0) is 23.9. The maximum atomic E-state index is 12.9. The van der Waals surface area contributed by atoms with Crippen LogP contribution >= 0.6 is 0 Å². The molecular formula is C26H26N2O5S. The summed E-state index contributed by atoms with van der Waals surface area (Å²) in [5.41, 5.74) is 3.13. The Hall–Kier alpha value is -3.23. The SMILES string of the molecule is CC1(S(=O)(=O)NC(=O)c2ccccc2-c2ccc3c(c2)OC[C@H](Cc2ccccn2)[C@H]3O)CC1. The van der Waals surface area contributed by atoms with Gasteiger partial charge in [-0.15, -0.1) is 0 Å². The van der Waals surface area contributed by atoms with E-state index >= 15 is 0 Å². The molecule has 176 valence electrons. The molecule has 8 heteroatoms. The van der Waals surface area contributed by atoms with Crippen molar-refractivity contribution >= 4 is 15.9 Å². The number of pyridine rings is 1. The first-order chi connectivity index (χ1) is 16.3. The Labute approximate surface area is 198 Å². The van der Waals surface area contributed by atoms with Gasteiger partial charge in [0.25, 0.3) is 5.91 Å². The number of amides is 1. The highest BCUT2D eigenvalue weighted by Gasteiger charge is 2.51. The quantitative estimate of drug-likeness (QED) is 0.560. The first kappa shape index (κ1) is 22.6. The van der Waals surface area contributed by atoms with Crippen LogP contribution in [0.2, 0.25) is 0 Å². The lowest BCUT2D eigenvalue weighted by atomic mass is 9.88. The summed E-state index contributed by atoms with van der Waals surface area (Å²) in [6.45, 7) is 1.98. The summed E-state index contributed by atoms with van der Waals surface area (Å²) in [6.07, 6.45) is 2.71. The van der Waals surface area contributed by atoms with Crippen LogP contribution in [0.5, 0.6) is 5.75 Å². The molecule has 3 aromatic rings. The van der Waals surface area contributed by atoms with Crippen molar-refractivity contribution in [1.29, 1.82) is 0 Å². The number of nitrogens with zero attached hydrogens (tertiary/aromatic N) is 1. The third kappa shape index (κ3) is 4.19. The topological polar surface area (TPSA) is 106 Å². The minimum atomic E-state index is -3.75. The minimum Gasteiger partial charge on any atom is -0.493 e. The summed E-state index contributed by atoms with van der Waals surface area (Å²) in [5, 5.41) is 11.0. The number of carbonyl (C=O) groups excluding carboxylic acids is 1. The molecule has 1 aliphatic carbocycles. The summed E-state index contributed by atoms with van der Waals surface area (Å²) in [5.74, 6) is -0.228. The van der Waals surface area contributed by atoms with Crippen LogP contribution in [0.1, 0.15) is 47.5 Å². The van der Waals surface area contributed by atoms with Crippen LogP contribution in [0.25, 0.3) is 11.1 Å². The van der Waals surface area contributed by atoms with E-state index in [0.29, 0.717) is 48.3 Å². The smallest absolute Gasteiger partial charge is 0.265 e. The molecular weight excluding hydrogens is 452 g/mol. The Kier molecular flexibility index (Phi) is 5.65. The number of rotatable bonds is 6. The molecule has 0 saturated heterocycles. The van der Waals surface area contributed by atoms with Gasteiger partial charge in [0.15, 0.2) is 0 Å². The second-order valence-corrected chi connectivity index (χ2v) is 11.4. The van der Waals surface area contributed by atoms with E-state index in [-0.39, 0.29) is 11.5 Å². The van der Waals surface area contributed by atoms with Gasteiger partial charge in [-0.1, -0.05) is 36.4 Å². The predicted molar refractivity (Wildman–Crippen MR) is 128 cm³/mol. The lowest BCUT2D eigenvalue weighted by Gasteiger charge is -2.30. The molecule has 7 nitrogen and oxygen atoms in total. The Morgan fingerprint density at radius 2 is 1.91 bits per heavy atom. The molecule has 0 radical (unpaired) electrons. The van der Waals surface area contributed by atoms with Crippen LogP contribution in [-0.2, 0) is 16.4 Å². The molecule has 34 heavy (non-hydrogen) atoms. The zero-order valence-corrected chi connectivity index (χ0v) is 19.6. The van der Waals surface area contributed by atoms with Crippen LogP contribution in [-0.4, -0.2) is 35.8 Å². The molecule has 1 fully saturated rings. The number of aromatic nitrogens is 1. The number of benzene rings is 2. The van der Waals surface area contributed by atoms with Gasteiger partial charge in [0.1, 0.15) is 5.75 Å². The Bertz CT molecular complexity index is 1340. The number of aliphatic hydroxyl groups excluding tert-OH is 1. The van der Waals surface area contributed by atoms with Gasteiger partial charge < -0.3 is 9.84 Å². The number of carbonyl (C=O) groups is 1. The monoisotopic (exact) mass is 478 g/mol. The predicted octanol–water partition coefficient (Wildman–Crippen LogP) is 3.65. The molecule has 0 spiro atoms. The molecule has 2 aromatic carbocycles. The van der Waals surface area contributed by atoms with Gasteiger partial charge in [0.2, 0.25) is 10.0 Å². The summed E-state index contributed by atoms with van der Waals surface area (Å²) >= 11 is 0. The van der Waals surface area contributed by atoms with Crippen molar-refractivity contribution < 1.29 is 23.1 Å². The van der Waals surface area contributed by atoms with Gasteiger partial charge in [0.05, 0.1) is 17.5 Å². The van der Waals surface area contributed by atoms with Crippen molar-refractivity contribution in [1.82, 2.24) is 9.71 Å². The summed E-state index contributed by atoms with van der Waals surface area (Å²) in [4.78, 5) is 17.3. The molecule has 1 aromatic heterocycles. The van der Waals surface area contributed by atoms with Crippen LogP contribution in [0.15, 0.2) is 66.9 Å². The number of hydrogen-bond donors (Lipinski definition) is 2. The maximum absolute atomic E-state index is 12.9. The normalized spacial score (nSPS) is 20.6. The van der Waals surface area contributed by atoms with Gasteiger partial charge in [-0.25, -0.2) is 13.1 Å². The third-order valence-corrected chi connectivity index (χ3v) is 8.90. The highest BCUT2D eigenvalue weighted by molar-refractivity contribution is 7.91. The van der Waals surface area contributed by atoms with Crippen LogP contribution < -0.4 is 9.46 Å². The van der Waals surface area contributed by atoms with Crippen molar-refractivity contribution in [2.24, 2.45) is 5.92 Å². The molecule has 2 aliphatic rings. The van der Waals surface area contributed by atoms with Crippen LogP contribution in [0.3, 0.4) is 0 Å². The molecule has 0 bridgehead atoms. The van der Waals surface area contributed by atoms with E-state index in [2.05, 4.69) is 9.71 Å². The van der Waals surface area contributed by atoms with Crippen LogP contribution in [0.4, 0.5) is 0 Å². The van der Waals surface area contributed by atoms with E-state index in [4.69, 9.17) is 4.74 Å². The lowest BCUT2D eigenvalue weighted by molar-refractivity contribution is 0.0503. The largest absolute Gasteiger partial charge is 0.493 e. The number of hydrogen-bond acceptors (Lipinski definition) is 6. The first-order valence-corrected chi connectivity index (χ1v) is 12.8. The molecule has 1 aliphatic heterocycles. The molecule has 0 unspecified atom stereocenters. The number of fused-ring (bicyclic) bond motifs is 1. The van der Waals surface area contributed by atoms with E-state index in [1.54, 1.807) is 49.5 Å². The third-order valence-electron chi connectivity index (χ3n) is 6.74. The van der Waals surface area contributed by atoms with E-state index in [0.717, 1.165) is 5.69 Å². The fourth-order valence-electron chi connectivity index (χ4n) is 4.25. The minimum absolute atomic E-state index is 0.125. The average Bonchev–Trinajstić information content (AvgIpc) is 3.60. The average molecular weight is 479 g/mol. The fraction of sp³-hybridized carbons (Fsp3) is 0.308. The van der Waals surface area contributed by atoms with E-state index in [9.17, 15) is 18.3 Å². The zero-order valence-electron chi connectivity index (χ0n) is 18.8. The van der Waals surface area contributed by atoms with Gasteiger partial charge in [-0.2, -0.15) is 0 Å². The van der Waals surface area contributed by atoms with Crippen molar-refractivity contribution in [3.8, 4) is 16.9 Å². The molecule has 1 saturated carbocycles. The molecule has 1 amide bonds. The van der Waals surface area contributed by atoms with Crippen molar-refractivity contribution in [2.45, 2.75) is 37.0 Å². The highest BCUT2D eigenvalue weighted by atomic mass is 32.2. The summed E-state index contributed by atoms with van der Waals surface area (Å²) in [7, 11) is -3.75. The highest BCUT2D eigenvalue weighted by Crippen LogP contribution is 2.43. The molecule has 5 rings (SSSR count). The summed E-state index contributed by atoms with van der Waals surface area (Å²) < 4.78 is 32.5. The van der Waals surface area contributed by atoms with E-state index < -0.39 is 26.8 Å². The molecule has 2 N–H and O–H groups in total. The lowest BCUT2D eigenvalue weighted by Crippen LogP contribution is -2.38. The number of ether oxygens (including phenoxy) is 1. The molecule has 2 atom stereocenters. The van der Waals surface area contributed by atoms with Crippen molar-refractivity contribution in [3.05, 3.63) is 83.7 Å². The van der Waals surface area contributed by atoms with Gasteiger partial charge in [0, 0.05) is 28.9 Å². The molecule has 2 heterocycles. The van der Waals surface area contributed by atoms with Crippen LogP contribution in [0, 0.1) is 5.92 Å². The number of sulfonamides is 1. The Morgan fingerprint density at radius 1 is 1.15 bits per heavy atom. The fourth-order valence-corrected chi connectivity index (χ4v) is 5.49. The second kappa shape index (κ2) is 8.52. The standard InChI is InChI=1S/C26H26N2O5S/c1-26(11-12-26)34(31,32)28-25(30)21-8-3-2-7-20(21)17-9-10-22-23(15-17)33-16-18(24(22)29)14-19-6-4-5-13-27-19/h2-10,13,15,18,24,29H,11-12,14,16H2,1H3,(H,28,30)/t18-,24+/m0/s1. The second-order valence-electron chi connectivity index (χ2n) is 9.22. The van der Waals surface area contributed by atoms with Gasteiger partial charge >= 0.3 is 0 Å². The first-order valence-electron chi connectivity index (χ1n) is 11.3. The number of aliphatic hydroxyl groups is 1. The Morgan fingerprint density at radius 3 is 2.65 bits per heavy atom. The Balaban J connectivity index is 1.40. The van der Waals surface area contributed by atoms with Gasteiger partial charge in [-0.3, -0.25) is 9.78 Å². The van der Waals surface area contributed by atoms with Crippen molar-refractivity contribution in [3.63, 3.8) is 0 Å². The van der Waals surface area contributed by atoms with E-state index in [1.807, 2.05) is 24.3 Å². The van der Waals surface area contributed by atoms with E-state index in [1.165, 1.54) is 0 Å². The van der Waals surface area contributed by atoms with Gasteiger partial charge in [-0.05, 0) is 61.6 Å². The number of nitrogens with one attached hydrogen (secondary N) is 1.